The topological polar surface area (TPSA) is 71.7 Å². The Morgan fingerprint density at radius 1 is 1.24 bits per heavy atom. The van der Waals surface area contributed by atoms with Crippen molar-refractivity contribution in [2.24, 2.45) is 4.99 Å². The van der Waals surface area contributed by atoms with Gasteiger partial charge in [-0.05, 0) is 44.4 Å². The van der Waals surface area contributed by atoms with E-state index in [-0.39, 0.29) is 41.6 Å². The maximum atomic E-state index is 14.0. The van der Waals surface area contributed by atoms with Crippen molar-refractivity contribution in [3.8, 4) is 5.75 Å². The lowest BCUT2D eigenvalue weighted by Crippen LogP contribution is -2.38. The minimum absolute atomic E-state index is 0. The molecule has 0 saturated carbocycles. The second kappa shape index (κ2) is 12.7. The Kier molecular flexibility index (Phi) is 11.0. The molecule has 1 aromatic carbocycles. The predicted molar refractivity (Wildman–Crippen MR) is 125 cm³/mol. The highest BCUT2D eigenvalue weighted by atomic mass is 127. The molecule has 0 amide bonds. The molecule has 0 fully saturated rings. The molecule has 2 aromatic rings. The summed E-state index contributed by atoms with van der Waals surface area (Å²) in [6, 6.07) is 6.78. The van der Waals surface area contributed by atoms with E-state index < -0.39 is 0 Å². The Morgan fingerprint density at radius 3 is 2.55 bits per heavy atom. The third-order valence-electron chi connectivity index (χ3n) is 4.75. The number of rotatable bonds is 9. The number of hydrogen-bond acceptors (Lipinski definition) is 4. The molecule has 1 atom stereocenters. The van der Waals surface area contributed by atoms with Crippen molar-refractivity contribution in [1.29, 1.82) is 0 Å². The Balaban J connectivity index is 0.00000420. The second-order valence-electron chi connectivity index (χ2n) is 6.69. The van der Waals surface area contributed by atoms with Crippen LogP contribution in [0.3, 0.4) is 0 Å². The molecule has 29 heavy (non-hydrogen) atoms. The van der Waals surface area contributed by atoms with Crippen molar-refractivity contribution >= 4 is 29.9 Å². The molecule has 2 N–H and O–H groups in total. The number of nitrogens with one attached hydrogen (secondary N) is 2. The fourth-order valence-electron chi connectivity index (χ4n) is 3.02. The minimum atomic E-state index is -0.383. The lowest BCUT2D eigenvalue weighted by molar-refractivity contribution is 0.372. The summed E-state index contributed by atoms with van der Waals surface area (Å²) in [5, 5.41) is 10.7. The molecule has 1 heterocycles. The Morgan fingerprint density at radius 2 is 1.97 bits per heavy atom. The van der Waals surface area contributed by atoms with Crippen molar-refractivity contribution in [3.63, 3.8) is 0 Å². The lowest BCUT2D eigenvalue weighted by Gasteiger charge is -2.18. The van der Waals surface area contributed by atoms with Gasteiger partial charge >= 0.3 is 0 Å². The van der Waals surface area contributed by atoms with Crippen molar-refractivity contribution in [1.82, 2.24) is 15.8 Å². The average Bonchev–Trinajstić information content (AvgIpc) is 3.16. The first-order chi connectivity index (χ1) is 13.5. The monoisotopic (exact) mass is 518 g/mol. The molecule has 0 aliphatic heterocycles. The van der Waals surface area contributed by atoms with Gasteiger partial charge in [0.1, 0.15) is 6.54 Å². The number of halogens is 2. The molecule has 0 spiro atoms. The number of nitrogens with zero attached hydrogens (tertiary/aromatic N) is 2. The standard InChI is InChI=1S/C21H31FN4O2.HI/c1-6-15(7-2)19-12-17(28-26-19)13-24-21(23-8-3)25-14(4)16-9-10-20(27-5)18(22)11-16;/h9-12,14-15H,6-8,13H2,1-5H3,(H2,23,24,25);1H. The first kappa shape index (κ1) is 25.2. The predicted octanol–water partition coefficient (Wildman–Crippen LogP) is 5.16. The van der Waals surface area contributed by atoms with Gasteiger partial charge in [-0.1, -0.05) is 25.1 Å². The summed E-state index contributed by atoms with van der Waals surface area (Å²) in [4.78, 5) is 4.57. The molecular formula is C21H32FIN4O2. The van der Waals surface area contributed by atoms with Crippen molar-refractivity contribution in [2.45, 2.75) is 59.0 Å². The molecule has 0 bridgehead atoms. The van der Waals surface area contributed by atoms with Crippen LogP contribution in [0.5, 0.6) is 5.75 Å². The highest BCUT2D eigenvalue weighted by Gasteiger charge is 2.14. The lowest BCUT2D eigenvalue weighted by atomic mass is 9.99. The van der Waals surface area contributed by atoms with E-state index >= 15 is 0 Å². The SMILES string of the molecule is CCNC(=NCc1cc(C(CC)CC)no1)NC(C)c1ccc(OC)c(F)c1.I. The zero-order valence-electron chi connectivity index (χ0n) is 17.8. The van der Waals surface area contributed by atoms with Crippen LogP contribution in [0.1, 0.15) is 69.5 Å². The van der Waals surface area contributed by atoms with Gasteiger partial charge in [0.05, 0.1) is 18.8 Å². The van der Waals surface area contributed by atoms with E-state index in [0.29, 0.717) is 25.0 Å². The summed E-state index contributed by atoms with van der Waals surface area (Å²) >= 11 is 0. The number of aromatic nitrogens is 1. The van der Waals surface area contributed by atoms with Gasteiger partial charge in [0.25, 0.3) is 0 Å². The van der Waals surface area contributed by atoms with E-state index in [1.165, 1.54) is 13.2 Å². The smallest absolute Gasteiger partial charge is 0.192 e. The molecule has 1 aromatic heterocycles. The van der Waals surface area contributed by atoms with Crippen LogP contribution in [-0.2, 0) is 6.54 Å². The summed E-state index contributed by atoms with van der Waals surface area (Å²) in [6.45, 7) is 9.34. The Labute approximate surface area is 189 Å². The molecule has 6 nitrogen and oxygen atoms in total. The maximum Gasteiger partial charge on any atom is 0.192 e. The van der Waals surface area contributed by atoms with Gasteiger partial charge < -0.3 is 19.9 Å². The van der Waals surface area contributed by atoms with Gasteiger partial charge in [0.15, 0.2) is 23.3 Å². The highest BCUT2D eigenvalue weighted by Crippen LogP contribution is 2.23. The zero-order valence-corrected chi connectivity index (χ0v) is 20.1. The fourth-order valence-corrected chi connectivity index (χ4v) is 3.02. The Bertz CT molecular complexity index is 778. The van der Waals surface area contributed by atoms with Gasteiger partial charge in [0, 0.05) is 18.5 Å². The van der Waals surface area contributed by atoms with Gasteiger partial charge in [-0.2, -0.15) is 0 Å². The van der Waals surface area contributed by atoms with Crippen LogP contribution in [0.2, 0.25) is 0 Å². The summed E-state index contributed by atoms with van der Waals surface area (Å²) in [5.41, 5.74) is 1.79. The van der Waals surface area contributed by atoms with Gasteiger partial charge in [-0.3, -0.25) is 0 Å². The van der Waals surface area contributed by atoms with Crippen LogP contribution < -0.4 is 15.4 Å². The van der Waals surface area contributed by atoms with Crippen LogP contribution >= 0.6 is 24.0 Å². The second-order valence-corrected chi connectivity index (χ2v) is 6.69. The molecular weight excluding hydrogens is 486 g/mol. The third-order valence-corrected chi connectivity index (χ3v) is 4.75. The van der Waals surface area contributed by atoms with E-state index in [1.54, 1.807) is 6.07 Å². The van der Waals surface area contributed by atoms with Crippen molar-refractivity contribution in [3.05, 3.63) is 47.1 Å². The number of benzene rings is 1. The van der Waals surface area contributed by atoms with E-state index in [1.807, 2.05) is 26.0 Å². The summed E-state index contributed by atoms with van der Waals surface area (Å²) in [7, 11) is 1.45. The molecule has 0 aliphatic carbocycles. The van der Waals surface area contributed by atoms with Crippen LogP contribution in [-0.4, -0.2) is 24.8 Å². The summed E-state index contributed by atoms with van der Waals surface area (Å²) in [6.07, 6.45) is 2.07. The fraction of sp³-hybridized carbons (Fsp3) is 0.524. The van der Waals surface area contributed by atoms with Gasteiger partial charge in [-0.15, -0.1) is 24.0 Å². The number of guanidine groups is 1. The van der Waals surface area contributed by atoms with Crippen LogP contribution in [0.15, 0.2) is 33.8 Å². The first-order valence-corrected chi connectivity index (χ1v) is 9.86. The number of ether oxygens (including phenoxy) is 1. The summed E-state index contributed by atoms with van der Waals surface area (Å²) in [5.74, 6) is 1.62. The van der Waals surface area contributed by atoms with E-state index in [2.05, 4.69) is 34.6 Å². The van der Waals surface area contributed by atoms with Gasteiger partial charge in [-0.25, -0.2) is 9.38 Å². The average molecular weight is 518 g/mol. The van der Waals surface area contributed by atoms with Gasteiger partial charge in [0.2, 0.25) is 0 Å². The van der Waals surface area contributed by atoms with Crippen LogP contribution in [0, 0.1) is 5.82 Å². The molecule has 162 valence electrons. The molecule has 8 heteroatoms. The first-order valence-electron chi connectivity index (χ1n) is 9.86. The van der Waals surface area contributed by atoms with Crippen molar-refractivity contribution in [2.75, 3.05) is 13.7 Å². The largest absolute Gasteiger partial charge is 0.494 e. The molecule has 2 rings (SSSR count). The minimum Gasteiger partial charge on any atom is -0.494 e. The zero-order chi connectivity index (χ0) is 20.5. The molecule has 1 unspecified atom stereocenters. The van der Waals surface area contributed by atoms with Crippen LogP contribution in [0.25, 0.3) is 0 Å². The van der Waals surface area contributed by atoms with E-state index in [0.717, 1.165) is 29.9 Å². The quantitative estimate of drug-likeness (QED) is 0.273. The molecule has 0 saturated heterocycles. The van der Waals surface area contributed by atoms with E-state index in [9.17, 15) is 4.39 Å². The number of methoxy groups -OCH3 is 1. The third kappa shape index (κ3) is 7.17. The maximum absolute atomic E-state index is 14.0. The van der Waals surface area contributed by atoms with Crippen LogP contribution in [0.4, 0.5) is 4.39 Å². The Hall–Kier alpha value is -1.84. The highest BCUT2D eigenvalue weighted by molar-refractivity contribution is 14.0. The van der Waals surface area contributed by atoms with E-state index in [4.69, 9.17) is 9.26 Å². The number of hydrogen-bond donors (Lipinski definition) is 2. The molecule has 0 radical (unpaired) electrons. The van der Waals surface area contributed by atoms with Crippen molar-refractivity contribution < 1.29 is 13.7 Å². The number of aliphatic imine (C=N–C) groups is 1. The summed E-state index contributed by atoms with van der Waals surface area (Å²) < 4.78 is 24.4. The molecule has 0 aliphatic rings. The normalized spacial score (nSPS) is 12.4.